The van der Waals surface area contributed by atoms with Crippen molar-refractivity contribution in [1.82, 2.24) is 0 Å². The lowest BCUT2D eigenvalue weighted by atomic mass is 10.1. The summed E-state index contributed by atoms with van der Waals surface area (Å²) >= 11 is 8.34. The second kappa shape index (κ2) is 4.75. The van der Waals surface area contributed by atoms with Gasteiger partial charge in [-0.05, 0) is 40.8 Å². The molecule has 1 fully saturated rings. The van der Waals surface area contributed by atoms with E-state index in [1.54, 1.807) is 4.90 Å². The highest BCUT2D eigenvalue weighted by Gasteiger charge is 2.29. The molecule has 0 radical (unpaired) electrons. The van der Waals surface area contributed by atoms with E-state index in [4.69, 9.17) is 11.6 Å². The van der Waals surface area contributed by atoms with Crippen molar-refractivity contribution in [2.45, 2.75) is 6.42 Å². The number of nitrogens with zero attached hydrogens (tertiary/aromatic N) is 1. The minimum absolute atomic E-state index is 0.119. The highest BCUT2D eigenvalue weighted by Crippen LogP contribution is 2.32. The van der Waals surface area contributed by atoms with Gasteiger partial charge in [-0.25, -0.2) is 0 Å². The summed E-state index contributed by atoms with van der Waals surface area (Å²) in [6.07, 6.45) is 2.37. The van der Waals surface area contributed by atoms with Crippen LogP contribution in [0, 0.1) is 9.49 Å². The molecule has 1 saturated heterocycles. The molecule has 1 heterocycles. The van der Waals surface area contributed by atoms with E-state index in [2.05, 4.69) is 29.2 Å². The molecule has 1 atom stereocenters. The number of amides is 1. The van der Waals surface area contributed by atoms with E-state index in [1.165, 1.54) is 0 Å². The minimum atomic E-state index is 0.119. The molecule has 0 bridgehead atoms. The fourth-order valence-corrected chi connectivity index (χ4v) is 2.78. The van der Waals surface area contributed by atoms with Gasteiger partial charge in [-0.2, -0.15) is 0 Å². The average molecular weight is 348 g/mol. The van der Waals surface area contributed by atoms with E-state index >= 15 is 0 Å². The van der Waals surface area contributed by atoms with Crippen LogP contribution in [0.2, 0.25) is 5.02 Å². The third-order valence-electron chi connectivity index (χ3n) is 2.69. The monoisotopic (exact) mass is 347 g/mol. The molecule has 1 aliphatic heterocycles. The number of halogens is 2. The molecule has 0 saturated carbocycles. The van der Waals surface area contributed by atoms with E-state index in [1.807, 2.05) is 24.3 Å². The van der Waals surface area contributed by atoms with Crippen LogP contribution in [0.1, 0.15) is 6.42 Å². The molecule has 0 spiro atoms. The van der Waals surface area contributed by atoms with Gasteiger partial charge in [0.1, 0.15) is 0 Å². The molecule has 1 amide bonds. The smallest absolute Gasteiger partial charge is 0.227 e. The van der Waals surface area contributed by atoms with Gasteiger partial charge in [0.2, 0.25) is 5.91 Å². The summed E-state index contributed by atoms with van der Waals surface area (Å²) in [5.74, 6) is 0.357. The number of carbonyl (C=O) groups excluding carboxylic acids is 1. The van der Waals surface area contributed by atoms with Gasteiger partial charge in [0.05, 0.1) is 10.7 Å². The number of benzene rings is 1. The van der Waals surface area contributed by atoms with Crippen LogP contribution >= 0.6 is 34.2 Å². The number of anilines is 1. The summed E-state index contributed by atoms with van der Waals surface area (Å²) in [5, 5.41) is 0.630. The molecule has 0 N–H and O–H groups in total. The fraction of sp³-hybridized carbons (Fsp3) is 0.250. The van der Waals surface area contributed by atoms with E-state index < -0.39 is 0 Å². The minimum Gasteiger partial charge on any atom is -0.310 e. The van der Waals surface area contributed by atoms with Gasteiger partial charge in [0.15, 0.2) is 0 Å². The van der Waals surface area contributed by atoms with Crippen LogP contribution in [0.4, 0.5) is 5.69 Å². The van der Waals surface area contributed by atoms with Crippen molar-refractivity contribution in [2.24, 2.45) is 5.92 Å². The summed E-state index contributed by atoms with van der Waals surface area (Å²) in [7, 11) is 0. The van der Waals surface area contributed by atoms with Crippen molar-refractivity contribution in [3.05, 3.63) is 39.4 Å². The quantitative estimate of drug-likeness (QED) is 0.592. The normalized spacial score (nSPS) is 20.2. The number of hydrogen-bond donors (Lipinski definition) is 0. The maximum Gasteiger partial charge on any atom is 0.227 e. The zero-order valence-corrected chi connectivity index (χ0v) is 11.5. The maximum atomic E-state index is 11.8. The topological polar surface area (TPSA) is 20.3 Å². The Labute approximate surface area is 113 Å². The second-order valence-corrected chi connectivity index (χ2v) is 5.45. The standard InChI is InChI=1S/C12H11ClINO/c1-2-8-5-12(16)15(7-8)11-4-3-9(14)6-10(11)13/h2-4,6,8H,1,5,7H2. The molecule has 1 aliphatic rings. The Morgan fingerprint density at radius 1 is 1.56 bits per heavy atom. The van der Waals surface area contributed by atoms with Crippen LogP contribution in [-0.2, 0) is 4.79 Å². The van der Waals surface area contributed by atoms with Gasteiger partial charge >= 0.3 is 0 Å². The van der Waals surface area contributed by atoms with Gasteiger partial charge in [-0.1, -0.05) is 17.7 Å². The van der Waals surface area contributed by atoms with E-state index in [0.717, 1.165) is 9.26 Å². The van der Waals surface area contributed by atoms with E-state index in [-0.39, 0.29) is 11.8 Å². The molecule has 84 valence electrons. The number of hydrogen-bond acceptors (Lipinski definition) is 1. The predicted molar refractivity (Wildman–Crippen MR) is 74.8 cm³/mol. The lowest BCUT2D eigenvalue weighted by Gasteiger charge is -2.17. The summed E-state index contributed by atoms with van der Waals surface area (Å²) in [6.45, 7) is 4.41. The Kier molecular flexibility index (Phi) is 3.54. The van der Waals surface area contributed by atoms with Gasteiger partial charge < -0.3 is 4.90 Å². The number of rotatable bonds is 2. The molecule has 1 aromatic rings. The zero-order valence-electron chi connectivity index (χ0n) is 8.62. The van der Waals surface area contributed by atoms with Crippen LogP contribution in [-0.4, -0.2) is 12.5 Å². The summed E-state index contributed by atoms with van der Waals surface area (Å²) < 4.78 is 1.07. The Bertz CT molecular complexity index is 447. The van der Waals surface area contributed by atoms with Crippen LogP contribution in [0.3, 0.4) is 0 Å². The van der Waals surface area contributed by atoms with Gasteiger partial charge in [0, 0.05) is 22.5 Å². The van der Waals surface area contributed by atoms with Crippen molar-refractivity contribution in [3.8, 4) is 0 Å². The van der Waals surface area contributed by atoms with Gasteiger partial charge in [-0.15, -0.1) is 6.58 Å². The lowest BCUT2D eigenvalue weighted by molar-refractivity contribution is -0.117. The van der Waals surface area contributed by atoms with Crippen molar-refractivity contribution in [1.29, 1.82) is 0 Å². The Hall–Kier alpha value is -0.550. The van der Waals surface area contributed by atoms with Crippen molar-refractivity contribution >= 4 is 45.8 Å². The van der Waals surface area contributed by atoms with Crippen LogP contribution in [0.25, 0.3) is 0 Å². The third-order valence-corrected chi connectivity index (χ3v) is 3.66. The molecule has 1 aromatic carbocycles. The Morgan fingerprint density at radius 2 is 2.31 bits per heavy atom. The first kappa shape index (κ1) is 11.9. The molecule has 4 heteroatoms. The van der Waals surface area contributed by atoms with Gasteiger partial charge in [0.25, 0.3) is 0 Å². The highest BCUT2D eigenvalue weighted by molar-refractivity contribution is 14.1. The predicted octanol–water partition coefficient (Wildman–Crippen LogP) is 3.48. The first-order valence-electron chi connectivity index (χ1n) is 5.00. The summed E-state index contributed by atoms with van der Waals surface area (Å²) in [6, 6.07) is 5.72. The van der Waals surface area contributed by atoms with Crippen molar-refractivity contribution in [3.63, 3.8) is 0 Å². The Balaban J connectivity index is 2.31. The largest absolute Gasteiger partial charge is 0.310 e. The van der Waals surface area contributed by atoms with Crippen molar-refractivity contribution < 1.29 is 4.79 Å². The molecule has 2 rings (SSSR count). The molecule has 1 unspecified atom stereocenters. The SMILES string of the molecule is C=CC1CC(=O)N(c2ccc(I)cc2Cl)C1. The Morgan fingerprint density at radius 3 is 2.88 bits per heavy atom. The molecule has 0 aliphatic carbocycles. The summed E-state index contributed by atoms with van der Waals surface area (Å²) in [5.41, 5.74) is 0.802. The highest BCUT2D eigenvalue weighted by atomic mass is 127. The third kappa shape index (κ3) is 2.25. The molecular weight excluding hydrogens is 336 g/mol. The lowest BCUT2D eigenvalue weighted by Crippen LogP contribution is -2.24. The first-order valence-corrected chi connectivity index (χ1v) is 6.45. The van der Waals surface area contributed by atoms with Crippen LogP contribution in [0.5, 0.6) is 0 Å². The van der Waals surface area contributed by atoms with Crippen LogP contribution in [0.15, 0.2) is 30.9 Å². The number of carbonyl (C=O) groups is 1. The molecule has 0 aromatic heterocycles. The molecule has 2 nitrogen and oxygen atoms in total. The van der Waals surface area contributed by atoms with E-state index in [9.17, 15) is 4.79 Å². The maximum absolute atomic E-state index is 11.8. The fourth-order valence-electron chi connectivity index (χ4n) is 1.83. The molecular formula is C12H11ClINO. The average Bonchev–Trinajstić information content (AvgIpc) is 2.60. The first-order chi connectivity index (χ1) is 7.61. The van der Waals surface area contributed by atoms with Gasteiger partial charge in [-0.3, -0.25) is 4.79 Å². The molecule has 16 heavy (non-hydrogen) atoms. The second-order valence-electron chi connectivity index (χ2n) is 3.80. The van der Waals surface area contributed by atoms with Crippen molar-refractivity contribution in [2.75, 3.05) is 11.4 Å². The van der Waals surface area contributed by atoms with E-state index in [0.29, 0.717) is 18.0 Å². The zero-order chi connectivity index (χ0) is 11.7. The van der Waals surface area contributed by atoms with Crippen LogP contribution < -0.4 is 4.90 Å². The summed E-state index contributed by atoms with van der Waals surface area (Å²) in [4.78, 5) is 13.5.